The Hall–Kier alpha value is -1.35. The summed E-state index contributed by atoms with van der Waals surface area (Å²) in [6, 6.07) is 4.28. The topological polar surface area (TPSA) is 46.3 Å². The third-order valence-corrected chi connectivity index (χ3v) is 4.80. The molecule has 3 nitrogen and oxygen atoms in total. The Kier molecular flexibility index (Phi) is 2.90. The number of carbonyl (C=O) groups is 1. The van der Waals surface area contributed by atoms with Crippen molar-refractivity contribution in [1.82, 2.24) is 0 Å². The van der Waals surface area contributed by atoms with Crippen LogP contribution in [0.2, 0.25) is 0 Å². The Bertz CT molecular complexity index is 530. The molecule has 0 aromatic heterocycles. The van der Waals surface area contributed by atoms with E-state index in [1.807, 2.05) is 4.90 Å². The Morgan fingerprint density at radius 1 is 1.21 bits per heavy atom. The lowest BCUT2D eigenvalue weighted by Crippen LogP contribution is -2.40. The normalized spacial score (nSPS) is 20.4. The molecule has 102 valence electrons. The van der Waals surface area contributed by atoms with Gasteiger partial charge in [0.25, 0.3) is 0 Å². The average molecular weight is 258 g/mol. The van der Waals surface area contributed by atoms with Crippen molar-refractivity contribution in [2.45, 2.75) is 44.9 Å². The molecule has 2 aliphatic rings. The molecule has 19 heavy (non-hydrogen) atoms. The van der Waals surface area contributed by atoms with Gasteiger partial charge >= 0.3 is 0 Å². The van der Waals surface area contributed by atoms with Crippen LogP contribution in [0, 0.1) is 13.8 Å². The second kappa shape index (κ2) is 4.34. The number of nitrogens with zero attached hydrogens (tertiary/aromatic N) is 1. The fourth-order valence-corrected chi connectivity index (χ4v) is 4.00. The number of fused-ring (bicyclic) bond motifs is 2. The zero-order chi connectivity index (χ0) is 13.6. The zero-order valence-electron chi connectivity index (χ0n) is 11.8. The van der Waals surface area contributed by atoms with Gasteiger partial charge in [0, 0.05) is 13.1 Å². The Balaban J connectivity index is 2.24. The van der Waals surface area contributed by atoms with Crippen molar-refractivity contribution in [2.24, 2.45) is 5.73 Å². The van der Waals surface area contributed by atoms with Crippen LogP contribution in [-0.4, -0.2) is 19.0 Å². The summed E-state index contributed by atoms with van der Waals surface area (Å²) in [5.41, 5.74) is 10.4. The molecule has 0 unspecified atom stereocenters. The highest BCUT2D eigenvalue weighted by Crippen LogP contribution is 2.53. The van der Waals surface area contributed by atoms with E-state index in [4.69, 9.17) is 5.73 Å². The van der Waals surface area contributed by atoms with Crippen LogP contribution in [0.1, 0.15) is 42.4 Å². The fourth-order valence-electron chi connectivity index (χ4n) is 4.00. The summed E-state index contributed by atoms with van der Waals surface area (Å²) in [6.07, 6.45) is 4.33. The first-order valence-electron chi connectivity index (χ1n) is 7.24. The highest BCUT2D eigenvalue weighted by Gasteiger charge is 2.52. The summed E-state index contributed by atoms with van der Waals surface area (Å²) in [6.45, 7) is 5.40. The Morgan fingerprint density at radius 3 is 2.47 bits per heavy atom. The average Bonchev–Trinajstić information content (AvgIpc) is 2.96. The first kappa shape index (κ1) is 12.7. The van der Waals surface area contributed by atoms with E-state index in [0.29, 0.717) is 19.0 Å². The number of nitrogens with two attached hydrogens (primary N) is 1. The van der Waals surface area contributed by atoms with E-state index in [2.05, 4.69) is 26.0 Å². The lowest BCUT2D eigenvalue weighted by molar-refractivity contribution is -0.123. The maximum atomic E-state index is 13.0. The third kappa shape index (κ3) is 1.57. The number of hydrogen-bond acceptors (Lipinski definition) is 2. The van der Waals surface area contributed by atoms with Gasteiger partial charge in [0.15, 0.2) is 0 Å². The maximum Gasteiger partial charge on any atom is 0.237 e. The lowest BCUT2D eigenvalue weighted by Gasteiger charge is -2.24. The summed E-state index contributed by atoms with van der Waals surface area (Å²) in [5, 5.41) is 0. The molecule has 1 spiro atoms. The van der Waals surface area contributed by atoms with Crippen LogP contribution in [-0.2, 0) is 10.2 Å². The molecule has 1 aromatic rings. The second-order valence-electron chi connectivity index (χ2n) is 5.96. The summed E-state index contributed by atoms with van der Waals surface area (Å²) in [4.78, 5) is 14.9. The van der Waals surface area contributed by atoms with E-state index < -0.39 is 0 Å². The molecular weight excluding hydrogens is 236 g/mol. The number of aryl methyl sites for hydroxylation is 2. The molecule has 0 bridgehead atoms. The van der Waals surface area contributed by atoms with Crippen LogP contribution in [0.5, 0.6) is 0 Å². The van der Waals surface area contributed by atoms with Crippen LogP contribution in [0.15, 0.2) is 12.1 Å². The molecule has 1 aliphatic heterocycles. The van der Waals surface area contributed by atoms with E-state index >= 15 is 0 Å². The third-order valence-electron chi connectivity index (χ3n) is 4.80. The van der Waals surface area contributed by atoms with Crippen molar-refractivity contribution in [1.29, 1.82) is 0 Å². The molecule has 0 atom stereocenters. The van der Waals surface area contributed by atoms with Gasteiger partial charge in [-0.3, -0.25) is 4.79 Å². The molecule has 1 aromatic carbocycles. The largest absolute Gasteiger partial charge is 0.329 e. The van der Waals surface area contributed by atoms with Gasteiger partial charge in [0.05, 0.1) is 11.1 Å². The van der Waals surface area contributed by atoms with E-state index in [9.17, 15) is 4.79 Å². The van der Waals surface area contributed by atoms with Gasteiger partial charge < -0.3 is 10.6 Å². The molecule has 3 heteroatoms. The summed E-state index contributed by atoms with van der Waals surface area (Å²) < 4.78 is 0. The Morgan fingerprint density at radius 2 is 1.84 bits per heavy atom. The van der Waals surface area contributed by atoms with Gasteiger partial charge in [-0.05, 0) is 43.4 Å². The number of carbonyl (C=O) groups excluding carboxylic acids is 1. The zero-order valence-corrected chi connectivity index (χ0v) is 11.8. The van der Waals surface area contributed by atoms with E-state index in [0.717, 1.165) is 31.4 Å². The minimum Gasteiger partial charge on any atom is -0.329 e. The summed E-state index contributed by atoms with van der Waals surface area (Å²) in [7, 11) is 0. The van der Waals surface area contributed by atoms with Gasteiger partial charge in [-0.15, -0.1) is 0 Å². The van der Waals surface area contributed by atoms with Crippen molar-refractivity contribution < 1.29 is 4.79 Å². The van der Waals surface area contributed by atoms with Crippen molar-refractivity contribution in [2.75, 3.05) is 18.0 Å². The van der Waals surface area contributed by atoms with Crippen LogP contribution in [0.3, 0.4) is 0 Å². The van der Waals surface area contributed by atoms with Crippen molar-refractivity contribution in [3.63, 3.8) is 0 Å². The quantitative estimate of drug-likeness (QED) is 0.885. The second-order valence-corrected chi connectivity index (χ2v) is 5.96. The SMILES string of the molecule is Cc1ccc(C)c2c1N(CCN)C(=O)C21CCCC1. The smallest absolute Gasteiger partial charge is 0.237 e. The lowest BCUT2D eigenvalue weighted by atomic mass is 9.77. The molecule has 3 rings (SSSR count). The van der Waals surface area contributed by atoms with Gasteiger partial charge in [-0.2, -0.15) is 0 Å². The van der Waals surface area contributed by atoms with Crippen molar-refractivity contribution >= 4 is 11.6 Å². The van der Waals surface area contributed by atoms with Crippen LogP contribution >= 0.6 is 0 Å². The van der Waals surface area contributed by atoms with Gasteiger partial charge in [-0.25, -0.2) is 0 Å². The minimum absolute atomic E-state index is 0.236. The number of rotatable bonds is 2. The van der Waals surface area contributed by atoms with Crippen LogP contribution in [0.25, 0.3) is 0 Å². The molecule has 1 heterocycles. The van der Waals surface area contributed by atoms with Crippen molar-refractivity contribution in [3.8, 4) is 0 Å². The predicted molar refractivity (Wildman–Crippen MR) is 77.5 cm³/mol. The molecular formula is C16H22N2O. The molecule has 1 aliphatic carbocycles. The monoisotopic (exact) mass is 258 g/mol. The van der Waals surface area contributed by atoms with E-state index in [1.165, 1.54) is 16.7 Å². The highest BCUT2D eigenvalue weighted by molar-refractivity contribution is 6.09. The van der Waals surface area contributed by atoms with Gasteiger partial charge in [0.1, 0.15) is 0 Å². The maximum absolute atomic E-state index is 13.0. The number of amides is 1. The molecule has 1 saturated carbocycles. The standard InChI is InChI=1S/C16H22N2O/c1-11-5-6-12(2)14-13(11)16(7-3-4-8-16)15(19)18(14)10-9-17/h5-6H,3-4,7-10,17H2,1-2H3. The minimum atomic E-state index is -0.236. The number of anilines is 1. The number of benzene rings is 1. The van der Waals surface area contributed by atoms with Gasteiger partial charge in [0.2, 0.25) is 5.91 Å². The van der Waals surface area contributed by atoms with E-state index in [1.54, 1.807) is 0 Å². The fraction of sp³-hybridized carbons (Fsp3) is 0.562. The molecule has 1 fully saturated rings. The Labute approximate surface area is 114 Å². The molecule has 0 saturated heterocycles. The van der Waals surface area contributed by atoms with Crippen LogP contribution in [0.4, 0.5) is 5.69 Å². The van der Waals surface area contributed by atoms with Gasteiger partial charge in [-0.1, -0.05) is 25.0 Å². The predicted octanol–water partition coefficient (Wildman–Crippen LogP) is 2.42. The highest BCUT2D eigenvalue weighted by atomic mass is 16.2. The molecule has 2 N–H and O–H groups in total. The van der Waals surface area contributed by atoms with E-state index in [-0.39, 0.29) is 5.41 Å². The first-order chi connectivity index (χ1) is 9.12. The van der Waals surface area contributed by atoms with Crippen LogP contribution < -0.4 is 10.6 Å². The number of hydrogen-bond donors (Lipinski definition) is 1. The summed E-state index contributed by atoms with van der Waals surface area (Å²) in [5.74, 6) is 0.294. The first-order valence-corrected chi connectivity index (χ1v) is 7.24. The van der Waals surface area contributed by atoms with Crippen molar-refractivity contribution in [3.05, 3.63) is 28.8 Å². The summed E-state index contributed by atoms with van der Waals surface area (Å²) >= 11 is 0. The molecule has 0 radical (unpaired) electrons. The molecule has 1 amide bonds.